The molecule has 0 spiro atoms. The quantitative estimate of drug-likeness (QED) is 0.419. The third-order valence-corrected chi connectivity index (χ3v) is 5.39. The molecule has 0 bridgehead atoms. The zero-order valence-corrected chi connectivity index (χ0v) is 18.4. The number of fused-ring (bicyclic) bond motifs is 1. The zero-order valence-electron chi connectivity index (χ0n) is 16.9. The lowest BCUT2D eigenvalue weighted by atomic mass is 10.2. The third kappa shape index (κ3) is 5.07. The molecule has 0 unspecified atom stereocenters. The van der Waals surface area contributed by atoms with Crippen molar-refractivity contribution in [1.29, 1.82) is 0 Å². The molecule has 0 saturated carbocycles. The van der Waals surface area contributed by atoms with E-state index in [1.54, 1.807) is 22.9 Å². The largest absolute Gasteiger partial charge is 0.351 e. The van der Waals surface area contributed by atoms with E-state index < -0.39 is 0 Å². The topological polar surface area (TPSA) is 81.8 Å². The Morgan fingerprint density at radius 2 is 1.97 bits per heavy atom. The molecule has 2 aromatic carbocycles. The van der Waals surface area contributed by atoms with E-state index in [2.05, 4.69) is 15.4 Å². The van der Waals surface area contributed by atoms with Crippen molar-refractivity contribution in [2.75, 3.05) is 6.54 Å². The van der Waals surface area contributed by atoms with E-state index in [4.69, 9.17) is 23.2 Å². The van der Waals surface area contributed by atoms with Crippen LogP contribution in [0.3, 0.4) is 0 Å². The molecule has 2 aromatic heterocycles. The number of nitrogens with one attached hydrogen (secondary N) is 1. The van der Waals surface area contributed by atoms with Crippen molar-refractivity contribution in [2.45, 2.75) is 13.1 Å². The summed E-state index contributed by atoms with van der Waals surface area (Å²) in [6, 6.07) is 14.6. The maximum atomic E-state index is 12.8. The molecule has 0 saturated heterocycles. The number of hydrogen-bond acceptors (Lipinski definition) is 4. The number of benzene rings is 2. The lowest BCUT2D eigenvalue weighted by molar-refractivity contribution is -0.116. The number of nitrogens with zero attached hydrogens (tertiary/aromatic N) is 4. The Kier molecular flexibility index (Phi) is 6.68. The van der Waals surface area contributed by atoms with Crippen molar-refractivity contribution < 1.29 is 4.79 Å². The first-order chi connectivity index (χ1) is 15.5. The first kappa shape index (κ1) is 21.8. The molecule has 2 heterocycles. The minimum absolute atomic E-state index is 0.187. The molecule has 4 aromatic rings. The summed E-state index contributed by atoms with van der Waals surface area (Å²) in [6.07, 6.45) is 6.08. The number of hydrogen-bond donors (Lipinski definition) is 1. The van der Waals surface area contributed by atoms with Gasteiger partial charge in [0.25, 0.3) is 5.56 Å². The van der Waals surface area contributed by atoms with Crippen LogP contribution in [0.4, 0.5) is 0 Å². The smallest absolute Gasteiger partial charge is 0.264 e. The molecule has 9 heteroatoms. The van der Waals surface area contributed by atoms with E-state index in [1.165, 1.54) is 23.2 Å². The van der Waals surface area contributed by atoms with E-state index in [1.807, 2.05) is 36.4 Å². The van der Waals surface area contributed by atoms with Crippen LogP contribution in [0.15, 0.2) is 71.9 Å². The third-order valence-electron chi connectivity index (χ3n) is 4.81. The highest BCUT2D eigenvalue weighted by Gasteiger charge is 2.11. The lowest BCUT2D eigenvalue weighted by Crippen LogP contribution is -2.26. The summed E-state index contributed by atoms with van der Waals surface area (Å²) in [5.41, 5.74) is 1.95. The fourth-order valence-electron chi connectivity index (χ4n) is 3.23. The lowest BCUT2D eigenvalue weighted by Gasteiger charge is -2.07. The molecule has 4 rings (SSSR count). The Labute approximate surface area is 193 Å². The van der Waals surface area contributed by atoms with Crippen LogP contribution < -0.4 is 10.9 Å². The van der Waals surface area contributed by atoms with Gasteiger partial charge in [-0.3, -0.25) is 14.2 Å². The van der Waals surface area contributed by atoms with Crippen LogP contribution in [0.2, 0.25) is 10.0 Å². The van der Waals surface area contributed by atoms with Crippen LogP contribution in [0.5, 0.6) is 0 Å². The van der Waals surface area contributed by atoms with Crippen molar-refractivity contribution in [1.82, 2.24) is 24.6 Å². The molecule has 32 heavy (non-hydrogen) atoms. The van der Waals surface area contributed by atoms with Gasteiger partial charge in [-0.2, -0.15) is 5.10 Å². The summed E-state index contributed by atoms with van der Waals surface area (Å²) in [4.78, 5) is 29.3. The van der Waals surface area contributed by atoms with Gasteiger partial charge in [-0.25, -0.2) is 9.67 Å². The number of halogens is 2. The zero-order chi connectivity index (χ0) is 22.5. The van der Waals surface area contributed by atoms with E-state index in [9.17, 15) is 9.59 Å². The average Bonchev–Trinajstić information content (AvgIpc) is 3.19. The molecule has 0 aliphatic carbocycles. The molecule has 0 aliphatic heterocycles. The number of carbonyl (C=O) groups excluding carboxylic acids is 1. The van der Waals surface area contributed by atoms with E-state index in [-0.39, 0.29) is 11.5 Å². The van der Waals surface area contributed by atoms with E-state index >= 15 is 0 Å². The van der Waals surface area contributed by atoms with Gasteiger partial charge < -0.3 is 5.32 Å². The Morgan fingerprint density at radius 3 is 2.78 bits per heavy atom. The van der Waals surface area contributed by atoms with Crippen molar-refractivity contribution in [3.8, 4) is 0 Å². The molecular formula is C23H19Cl2N5O2. The van der Waals surface area contributed by atoms with Crippen LogP contribution in [-0.2, 0) is 17.9 Å². The Morgan fingerprint density at radius 1 is 1.12 bits per heavy atom. The first-order valence-electron chi connectivity index (χ1n) is 9.87. The second kappa shape index (κ2) is 9.80. The predicted octanol–water partition coefficient (Wildman–Crippen LogP) is 3.78. The fourth-order valence-corrected chi connectivity index (χ4v) is 3.64. The average molecular weight is 468 g/mol. The highest BCUT2D eigenvalue weighted by atomic mass is 35.5. The van der Waals surface area contributed by atoms with Gasteiger partial charge in [0.2, 0.25) is 5.91 Å². The van der Waals surface area contributed by atoms with Gasteiger partial charge in [-0.15, -0.1) is 0 Å². The van der Waals surface area contributed by atoms with E-state index in [0.717, 1.165) is 11.1 Å². The molecular weight excluding hydrogens is 449 g/mol. The highest BCUT2D eigenvalue weighted by molar-refractivity contribution is 6.32. The van der Waals surface area contributed by atoms with Crippen molar-refractivity contribution in [2.24, 2.45) is 0 Å². The monoisotopic (exact) mass is 467 g/mol. The van der Waals surface area contributed by atoms with Gasteiger partial charge in [-0.05, 0) is 35.4 Å². The normalized spacial score (nSPS) is 11.3. The molecule has 7 nitrogen and oxygen atoms in total. The van der Waals surface area contributed by atoms with Crippen molar-refractivity contribution >= 4 is 46.2 Å². The predicted molar refractivity (Wildman–Crippen MR) is 126 cm³/mol. The van der Waals surface area contributed by atoms with Crippen LogP contribution in [-0.4, -0.2) is 31.8 Å². The number of carbonyl (C=O) groups is 1. The molecule has 1 amide bonds. The van der Waals surface area contributed by atoms with Gasteiger partial charge in [0.1, 0.15) is 11.7 Å². The fraction of sp³-hybridized carbons (Fsp3) is 0.130. The first-order valence-corrected chi connectivity index (χ1v) is 10.6. The van der Waals surface area contributed by atoms with Gasteiger partial charge in [0, 0.05) is 22.7 Å². The maximum Gasteiger partial charge on any atom is 0.264 e. The second-order valence-electron chi connectivity index (χ2n) is 7.06. The van der Waals surface area contributed by atoms with Gasteiger partial charge in [0.05, 0.1) is 19.3 Å². The second-order valence-corrected chi connectivity index (χ2v) is 7.90. The molecule has 0 aliphatic rings. The molecule has 0 fully saturated rings. The summed E-state index contributed by atoms with van der Waals surface area (Å²) in [6.45, 7) is 1.07. The summed E-state index contributed by atoms with van der Waals surface area (Å²) in [7, 11) is 0. The molecule has 1 N–H and O–H groups in total. The van der Waals surface area contributed by atoms with Gasteiger partial charge in [-0.1, -0.05) is 53.5 Å². The van der Waals surface area contributed by atoms with Gasteiger partial charge >= 0.3 is 0 Å². The van der Waals surface area contributed by atoms with Gasteiger partial charge in [0.15, 0.2) is 5.65 Å². The van der Waals surface area contributed by atoms with Crippen LogP contribution >= 0.6 is 23.2 Å². The Bertz CT molecular complexity index is 1360. The summed E-state index contributed by atoms with van der Waals surface area (Å²) < 4.78 is 3.11. The SMILES string of the molecule is O=C(/C=C/c1ccccc1Cl)NCCn1ncc2c(=O)n(Cc3cccc(Cl)c3)cnc21. The summed E-state index contributed by atoms with van der Waals surface area (Å²) >= 11 is 12.1. The van der Waals surface area contributed by atoms with Crippen molar-refractivity contribution in [3.05, 3.63) is 98.7 Å². The van der Waals surface area contributed by atoms with Crippen molar-refractivity contribution in [3.63, 3.8) is 0 Å². The standard InChI is InChI=1S/C23H19Cl2N5O2/c24-18-6-3-4-16(12-18)14-29-15-27-22-19(23(29)32)13-28-30(22)11-10-26-21(31)9-8-17-5-1-2-7-20(17)25/h1-9,12-13,15H,10-11,14H2,(H,26,31)/b9-8+. The number of aromatic nitrogens is 4. The maximum absolute atomic E-state index is 12.8. The van der Waals surface area contributed by atoms with Crippen LogP contribution in [0.25, 0.3) is 17.1 Å². The highest BCUT2D eigenvalue weighted by Crippen LogP contribution is 2.16. The number of amides is 1. The van der Waals surface area contributed by atoms with Crippen LogP contribution in [0, 0.1) is 0 Å². The minimum Gasteiger partial charge on any atom is -0.351 e. The molecule has 162 valence electrons. The van der Waals surface area contributed by atoms with Crippen LogP contribution in [0.1, 0.15) is 11.1 Å². The molecule has 0 radical (unpaired) electrons. The minimum atomic E-state index is -0.252. The Balaban J connectivity index is 1.40. The Hall–Kier alpha value is -3.42. The summed E-state index contributed by atoms with van der Waals surface area (Å²) in [5, 5.41) is 8.64. The molecule has 0 atom stereocenters. The number of rotatable bonds is 7. The summed E-state index contributed by atoms with van der Waals surface area (Å²) in [5.74, 6) is -0.252. The van der Waals surface area contributed by atoms with E-state index in [0.29, 0.717) is 40.7 Å².